The van der Waals surface area contributed by atoms with Crippen LogP contribution in [-0.4, -0.2) is 17.4 Å². The summed E-state index contributed by atoms with van der Waals surface area (Å²) in [5, 5.41) is 5.60. The van der Waals surface area contributed by atoms with Crippen molar-refractivity contribution in [2.75, 3.05) is 10.6 Å². The molecule has 4 rings (SSSR count). The lowest BCUT2D eigenvalue weighted by Crippen LogP contribution is -2.45. The van der Waals surface area contributed by atoms with E-state index >= 15 is 0 Å². The summed E-state index contributed by atoms with van der Waals surface area (Å²) >= 11 is 0. The zero-order valence-electron chi connectivity index (χ0n) is 17.9. The van der Waals surface area contributed by atoms with Crippen molar-refractivity contribution in [1.29, 1.82) is 0 Å². The first-order valence-electron chi connectivity index (χ1n) is 10.3. The first kappa shape index (κ1) is 21.2. The Morgan fingerprint density at radius 2 is 1.78 bits per heavy atom. The highest BCUT2D eigenvalue weighted by molar-refractivity contribution is 6.08. The van der Waals surface area contributed by atoms with Gasteiger partial charge < -0.3 is 20.1 Å². The zero-order chi connectivity index (χ0) is 22.6. The molecule has 32 heavy (non-hydrogen) atoms. The Balaban J connectivity index is 1.37. The largest absolute Gasteiger partial charge is 0.489 e. The molecule has 0 saturated heterocycles. The van der Waals surface area contributed by atoms with Crippen LogP contribution in [0.5, 0.6) is 11.5 Å². The van der Waals surface area contributed by atoms with Gasteiger partial charge in [0.1, 0.15) is 23.8 Å². The lowest BCUT2D eigenvalue weighted by atomic mass is 10.1. The van der Waals surface area contributed by atoms with Gasteiger partial charge >= 0.3 is 0 Å². The summed E-state index contributed by atoms with van der Waals surface area (Å²) in [7, 11) is 0. The van der Waals surface area contributed by atoms with Crippen LogP contribution in [0.4, 0.5) is 11.4 Å². The van der Waals surface area contributed by atoms with E-state index in [1.54, 1.807) is 38.1 Å². The van der Waals surface area contributed by atoms with Gasteiger partial charge in [-0.2, -0.15) is 0 Å². The second-order valence-corrected chi connectivity index (χ2v) is 7.91. The molecule has 162 valence electrons. The monoisotopic (exact) mass is 428 g/mol. The molecule has 3 aromatic rings. The van der Waals surface area contributed by atoms with Gasteiger partial charge in [-0.1, -0.05) is 48.5 Å². The topological polar surface area (TPSA) is 76.7 Å². The molecule has 0 saturated carbocycles. The van der Waals surface area contributed by atoms with Gasteiger partial charge in [0.15, 0.2) is 5.60 Å². The first-order chi connectivity index (χ1) is 15.4. The van der Waals surface area contributed by atoms with Gasteiger partial charge in [-0.25, -0.2) is 0 Å². The lowest BCUT2D eigenvalue weighted by Gasteiger charge is -2.32. The number of carbonyl (C=O) groups is 2. The fourth-order valence-electron chi connectivity index (χ4n) is 3.20. The van der Waals surface area contributed by atoms with Crippen LogP contribution in [-0.2, 0) is 16.2 Å². The fourth-order valence-corrected chi connectivity index (χ4v) is 3.20. The number of fused-ring (bicyclic) bond motifs is 1. The van der Waals surface area contributed by atoms with Gasteiger partial charge in [-0.05, 0) is 55.3 Å². The van der Waals surface area contributed by atoms with E-state index in [4.69, 9.17) is 9.47 Å². The predicted molar refractivity (Wildman–Crippen MR) is 125 cm³/mol. The highest BCUT2D eigenvalue weighted by Crippen LogP contribution is 2.38. The van der Waals surface area contributed by atoms with Crippen LogP contribution in [0.2, 0.25) is 0 Å². The number of anilines is 2. The molecule has 0 aromatic heterocycles. The number of amides is 2. The van der Waals surface area contributed by atoms with Gasteiger partial charge in [0, 0.05) is 6.08 Å². The van der Waals surface area contributed by atoms with E-state index in [9.17, 15) is 9.59 Å². The summed E-state index contributed by atoms with van der Waals surface area (Å²) in [5.74, 6) is 0.686. The Hall–Kier alpha value is -4.06. The summed E-state index contributed by atoms with van der Waals surface area (Å²) in [6.07, 6.45) is 3.15. The minimum Gasteiger partial charge on any atom is -0.489 e. The van der Waals surface area contributed by atoms with E-state index in [1.165, 1.54) is 6.08 Å². The number of carbonyl (C=O) groups excluding carboxylic acids is 2. The van der Waals surface area contributed by atoms with Crippen molar-refractivity contribution in [3.8, 4) is 11.5 Å². The van der Waals surface area contributed by atoms with E-state index in [2.05, 4.69) is 10.6 Å². The van der Waals surface area contributed by atoms with Crippen LogP contribution in [0.1, 0.15) is 25.0 Å². The maximum absolute atomic E-state index is 12.4. The normalized spacial score (nSPS) is 14.2. The number of benzene rings is 3. The highest BCUT2D eigenvalue weighted by atomic mass is 16.5. The molecule has 0 aliphatic carbocycles. The summed E-state index contributed by atoms with van der Waals surface area (Å²) in [5.41, 5.74) is 1.93. The molecule has 0 radical (unpaired) electrons. The van der Waals surface area contributed by atoms with E-state index in [-0.39, 0.29) is 11.8 Å². The predicted octanol–water partition coefficient (Wildman–Crippen LogP) is 5.03. The minimum atomic E-state index is -0.966. The summed E-state index contributed by atoms with van der Waals surface area (Å²) in [6, 6.07) is 22.7. The van der Waals surface area contributed by atoms with Crippen molar-refractivity contribution >= 4 is 29.3 Å². The Morgan fingerprint density at radius 1 is 1.03 bits per heavy atom. The Labute approximate surface area is 186 Å². The molecule has 0 spiro atoms. The molecule has 3 aromatic carbocycles. The van der Waals surface area contributed by atoms with Crippen molar-refractivity contribution in [2.45, 2.75) is 26.1 Å². The number of rotatable bonds is 6. The molecule has 2 N–H and O–H groups in total. The molecule has 0 bridgehead atoms. The first-order valence-corrected chi connectivity index (χ1v) is 10.3. The average Bonchev–Trinajstić information content (AvgIpc) is 2.79. The smallest absolute Gasteiger partial charge is 0.268 e. The lowest BCUT2D eigenvalue weighted by molar-refractivity contribution is -0.129. The van der Waals surface area contributed by atoms with Crippen molar-refractivity contribution < 1.29 is 19.1 Å². The van der Waals surface area contributed by atoms with Crippen LogP contribution in [0, 0.1) is 0 Å². The van der Waals surface area contributed by atoms with Gasteiger partial charge in [0.2, 0.25) is 5.91 Å². The molecule has 0 unspecified atom stereocenters. The van der Waals surface area contributed by atoms with Crippen molar-refractivity contribution in [3.63, 3.8) is 0 Å². The quantitative estimate of drug-likeness (QED) is 0.540. The maximum Gasteiger partial charge on any atom is 0.268 e. The summed E-state index contributed by atoms with van der Waals surface area (Å²) in [4.78, 5) is 24.6. The van der Waals surface area contributed by atoms with Crippen LogP contribution in [0.25, 0.3) is 6.08 Å². The molecule has 0 atom stereocenters. The molecule has 1 aliphatic rings. The third kappa shape index (κ3) is 4.98. The van der Waals surface area contributed by atoms with E-state index < -0.39 is 5.60 Å². The number of para-hydroxylation sites is 1. The van der Waals surface area contributed by atoms with Gasteiger partial charge in [0.25, 0.3) is 5.91 Å². The Kier molecular flexibility index (Phi) is 5.94. The van der Waals surface area contributed by atoms with Crippen LogP contribution < -0.4 is 20.1 Å². The van der Waals surface area contributed by atoms with Gasteiger partial charge in [-0.15, -0.1) is 0 Å². The zero-order valence-corrected chi connectivity index (χ0v) is 17.9. The average molecular weight is 428 g/mol. The minimum absolute atomic E-state index is 0.267. The molecule has 0 fully saturated rings. The van der Waals surface area contributed by atoms with Crippen molar-refractivity contribution in [1.82, 2.24) is 0 Å². The number of ether oxygens (including phenoxy) is 2. The molecular formula is C26H24N2O4. The second kappa shape index (κ2) is 8.98. The SMILES string of the molecule is CC1(C)Oc2cccc(NC(=O)/C=C/c3ccc(OCc4ccccc4)cc3)c2NC1=O. The molecule has 1 heterocycles. The summed E-state index contributed by atoms with van der Waals surface area (Å²) < 4.78 is 11.5. The fraction of sp³-hybridized carbons (Fsp3) is 0.154. The third-order valence-electron chi connectivity index (χ3n) is 4.99. The van der Waals surface area contributed by atoms with E-state index in [1.807, 2.05) is 54.6 Å². The van der Waals surface area contributed by atoms with Gasteiger partial charge in [0.05, 0.1) is 5.69 Å². The second-order valence-electron chi connectivity index (χ2n) is 7.91. The number of hydrogen-bond acceptors (Lipinski definition) is 4. The van der Waals surface area contributed by atoms with Gasteiger partial charge in [-0.3, -0.25) is 9.59 Å². The molecule has 2 amide bonds. The molecule has 6 nitrogen and oxygen atoms in total. The Morgan fingerprint density at radius 3 is 2.53 bits per heavy atom. The Bertz CT molecular complexity index is 1150. The highest BCUT2D eigenvalue weighted by Gasteiger charge is 2.36. The molecule has 1 aliphatic heterocycles. The third-order valence-corrected chi connectivity index (χ3v) is 4.99. The van der Waals surface area contributed by atoms with E-state index in [0.29, 0.717) is 23.7 Å². The molecular weight excluding hydrogens is 404 g/mol. The maximum atomic E-state index is 12.4. The van der Waals surface area contributed by atoms with Crippen LogP contribution in [0.15, 0.2) is 78.9 Å². The van der Waals surface area contributed by atoms with E-state index in [0.717, 1.165) is 16.9 Å². The van der Waals surface area contributed by atoms with Crippen molar-refractivity contribution in [2.24, 2.45) is 0 Å². The van der Waals surface area contributed by atoms with Crippen LogP contribution in [0.3, 0.4) is 0 Å². The number of hydrogen-bond donors (Lipinski definition) is 2. The van der Waals surface area contributed by atoms with Crippen molar-refractivity contribution in [3.05, 3.63) is 90.0 Å². The van der Waals surface area contributed by atoms with Crippen LogP contribution >= 0.6 is 0 Å². The molecule has 6 heteroatoms. The number of nitrogens with one attached hydrogen (secondary N) is 2. The summed E-state index contributed by atoms with van der Waals surface area (Å²) in [6.45, 7) is 3.88. The standard InChI is InChI=1S/C26H24N2O4/c1-26(2)25(30)28-24-21(9-6-10-22(24)32-26)27-23(29)16-13-18-11-14-20(15-12-18)31-17-19-7-4-3-5-8-19/h3-16H,17H2,1-2H3,(H,27,29)(H,28,30)/b16-13+.